The molecule has 2 N–H and O–H groups in total. The second-order valence-electron chi connectivity index (χ2n) is 5.46. The van der Waals surface area contributed by atoms with Crippen LogP contribution in [0.3, 0.4) is 0 Å². The second-order valence-corrected chi connectivity index (χ2v) is 5.46. The first-order valence-electron chi connectivity index (χ1n) is 7.39. The van der Waals surface area contributed by atoms with Crippen molar-refractivity contribution >= 4 is 17.7 Å². The van der Waals surface area contributed by atoms with Crippen molar-refractivity contribution in [1.82, 2.24) is 15.3 Å². The van der Waals surface area contributed by atoms with Gasteiger partial charge < -0.3 is 15.5 Å². The molecule has 9 heteroatoms. The Bertz CT molecular complexity index is 762. The van der Waals surface area contributed by atoms with Crippen molar-refractivity contribution in [2.75, 3.05) is 31.4 Å². The molecular weight excluding hydrogens is 335 g/mol. The zero-order valence-corrected chi connectivity index (χ0v) is 14.0. The van der Waals surface area contributed by atoms with Crippen molar-refractivity contribution in [3.05, 3.63) is 47.2 Å². The minimum Gasteiger partial charge on any atom is -0.363 e. The van der Waals surface area contributed by atoms with Gasteiger partial charge >= 0.3 is 6.18 Å². The van der Waals surface area contributed by atoms with E-state index in [0.29, 0.717) is 11.1 Å². The molecule has 25 heavy (non-hydrogen) atoms. The summed E-state index contributed by atoms with van der Waals surface area (Å²) in [6, 6.07) is 7.62. The molecule has 2 rings (SSSR count). The molecule has 0 aliphatic rings. The average molecular weight is 353 g/mol. The lowest BCUT2D eigenvalue weighted by atomic mass is 10.1. The van der Waals surface area contributed by atoms with Gasteiger partial charge in [0.25, 0.3) is 5.91 Å². The van der Waals surface area contributed by atoms with Crippen LogP contribution in [0.15, 0.2) is 30.3 Å². The van der Waals surface area contributed by atoms with E-state index in [4.69, 9.17) is 0 Å². The molecule has 0 unspecified atom stereocenters. The molecule has 0 bridgehead atoms. The summed E-state index contributed by atoms with van der Waals surface area (Å²) in [5, 5.41) is 5.28. The molecule has 0 spiro atoms. The molecule has 0 saturated carbocycles. The summed E-state index contributed by atoms with van der Waals surface area (Å²) in [4.78, 5) is 20.7. The number of aromatic nitrogens is 2. The molecule has 0 aliphatic heterocycles. The Morgan fingerprint density at radius 1 is 1.20 bits per heavy atom. The molecule has 0 radical (unpaired) electrons. The van der Waals surface area contributed by atoms with Crippen LogP contribution in [0.4, 0.5) is 24.9 Å². The van der Waals surface area contributed by atoms with Gasteiger partial charge in [0.2, 0.25) is 5.95 Å². The van der Waals surface area contributed by atoms with Gasteiger partial charge in [-0.15, -0.1) is 0 Å². The van der Waals surface area contributed by atoms with Crippen LogP contribution in [0.25, 0.3) is 0 Å². The molecule has 1 aromatic carbocycles. The zero-order valence-electron chi connectivity index (χ0n) is 14.0. The first kappa shape index (κ1) is 18.5. The van der Waals surface area contributed by atoms with Gasteiger partial charge in [-0.05, 0) is 17.7 Å². The summed E-state index contributed by atoms with van der Waals surface area (Å²) in [6.45, 7) is 0.180. The number of anilines is 2. The highest BCUT2D eigenvalue weighted by atomic mass is 19.4. The third-order valence-electron chi connectivity index (χ3n) is 3.33. The standard InChI is InChI=1S/C16H18F3N5O/c1-20-14(25)11-6-4-5-10(7-11)9-21-15-22-12(16(17,18)19)8-13(23-15)24(2)3/h4-8H,9H2,1-3H3,(H,20,25)(H,21,22,23). The number of alkyl halides is 3. The van der Waals surface area contributed by atoms with Gasteiger partial charge in [0.15, 0.2) is 5.69 Å². The Morgan fingerprint density at radius 2 is 1.92 bits per heavy atom. The average Bonchev–Trinajstić information content (AvgIpc) is 2.58. The van der Waals surface area contributed by atoms with Crippen LogP contribution in [0.2, 0.25) is 0 Å². The first-order chi connectivity index (χ1) is 11.7. The fourth-order valence-electron chi connectivity index (χ4n) is 2.04. The molecule has 1 heterocycles. The quantitative estimate of drug-likeness (QED) is 0.864. The fraction of sp³-hybridized carbons (Fsp3) is 0.312. The molecule has 1 aromatic heterocycles. The Kier molecular flexibility index (Phi) is 5.45. The van der Waals surface area contributed by atoms with Gasteiger partial charge in [-0.1, -0.05) is 12.1 Å². The lowest BCUT2D eigenvalue weighted by Gasteiger charge is -2.16. The van der Waals surface area contributed by atoms with Gasteiger partial charge in [-0.25, -0.2) is 4.98 Å². The van der Waals surface area contributed by atoms with E-state index in [0.717, 1.165) is 6.07 Å². The Balaban J connectivity index is 2.23. The lowest BCUT2D eigenvalue weighted by molar-refractivity contribution is -0.141. The number of hydrogen-bond acceptors (Lipinski definition) is 5. The van der Waals surface area contributed by atoms with Crippen molar-refractivity contribution in [2.24, 2.45) is 0 Å². The number of hydrogen-bond donors (Lipinski definition) is 2. The van der Waals surface area contributed by atoms with E-state index in [1.165, 1.54) is 11.9 Å². The second kappa shape index (κ2) is 7.37. The zero-order chi connectivity index (χ0) is 18.6. The number of carbonyl (C=O) groups is 1. The van der Waals surface area contributed by atoms with Gasteiger partial charge in [0, 0.05) is 39.3 Å². The molecule has 1 amide bonds. The maximum absolute atomic E-state index is 13.0. The third-order valence-corrected chi connectivity index (χ3v) is 3.33. The molecule has 134 valence electrons. The van der Waals surface area contributed by atoms with Gasteiger partial charge in [-0.3, -0.25) is 4.79 Å². The number of halogens is 3. The summed E-state index contributed by atoms with van der Waals surface area (Å²) >= 11 is 0. The van der Waals surface area contributed by atoms with E-state index in [1.807, 2.05) is 0 Å². The maximum atomic E-state index is 13.0. The maximum Gasteiger partial charge on any atom is 0.433 e. The van der Waals surface area contributed by atoms with Crippen LogP contribution in [0.1, 0.15) is 21.6 Å². The summed E-state index contributed by atoms with van der Waals surface area (Å²) in [7, 11) is 4.71. The highest BCUT2D eigenvalue weighted by molar-refractivity contribution is 5.94. The van der Waals surface area contributed by atoms with E-state index in [9.17, 15) is 18.0 Å². The van der Waals surface area contributed by atoms with Crippen molar-refractivity contribution < 1.29 is 18.0 Å². The molecule has 0 atom stereocenters. The smallest absolute Gasteiger partial charge is 0.363 e. The van der Waals surface area contributed by atoms with Gasteiger partial charge in [0.05, 0.1) is 0 Å². The van der Waals surface area contributed by atoms with E-state index >= 15 is 0 Å². The highest BCUT2D eigenvalue weighted by Crippen LogP contribution is 2.30. The van der Waals surface area contributed by atoms with E-state index in [-0.39, 0.29) is 24.2 Å². The van der Waals surface area contributed by atoms with Crippen molar-refractivity contribution in [3.8, 4) is 0 Å². The normalized spacial score (nSPS) is 11.1. The van der Waals surface area contributed by atoms with Crippen molar-refractivity contribution in [3.63, 3.8) is 0 Å². The predicted octanol–water partition coefficient (Wildman–Crippen LogP) is 2.53. The minimum absolute atomic E-state index is 0.135. The fourth-order valence-corrected chi connectivity index (χ4v) is 2.04. The lowest BCUT2D eigenvalue weighted by Crippen LogP contribution is -2.18. The van der Waals surface area contributed by atoms with Gasteiger partial charge in [-0.2, -0.15) is 18.2 Å². The summed E-state index contributed by atoms with van der Waals surface area (Å²) < 4.78 is 38.9. The number of nitrogens with one attached hydrogen (secondary N) is 2. The van der Waals surface area contributed by atoms with Crippen molar-refractivity contribution in [1.29, 1.82) is 0 Å². The Morgan fingerprint density at radius 3 is 2.52 bits per heavy atom. The number of carbonyl (C=O) groups excluding carboxylic acids is 1. The number of amides is 1. The number of benzene rings is 1. The SMILES string of the molecule is CNC(=O)c1cccc(CNc2nc(N(C)C)cc(C(F)(F)F)n2)c1. The van der Waals surface area contributed by atoms with E-state index < -0.39 is 11.9 Å². The minimum atomic E-state index is -4.57. The summed E-state index contributed by atoms with van der Waals surface area (Å²) in [5.41, 5.74) is 0.155. The van der Waals surface area contributed by atoms with E-state index in [1.54, 1.807) is 38.4 Å². The van der Waals surface area contributed by atoms with Crippen LogP contribution in [-0.2, 0) is 12.7 Å². The van der Waals surface area contributed by atoms with Crippen LogP contribution in [0.5, 0.6) is 0 Å². The number of rotatable bonds is 5. The van der Waals surface area contributed by atoms with E-state index in [2.05, 4.69) is 20.6 Å². The molecule has 2 aromatic rings. The molecule has 0 aliphatic carbocycles. The molecular formula is C16H18F3N5O. The predicted molar refractivity (Wildman–Crippen MR) is 88.5 cm³/mol. The number of nitrogens with zero attached hydrogens (tertiary/aromatic N) is 3. The Hall–Kier alpha value is -2.84. The van der Waals surface area contributed by atoms with Crippen LogP contribution in [0, 0.1) is 0 Å². The topological polar surface area (TPSA) is 70.2 Å². The molecule has 0 saturated heterocycles. The summed E-state index contributed by atoms with van der Waals surface area (Å²) in [6.07, 6.45) is -4.57. The van der Waals surface area contributed by atoms with Crippen LogP contribution in [-0.4, -0.2) is 37.0 Å². The largest absolute Gasteiger partial charge is 0.433 e. The van der Waals surface area contributed by atoms with Gasteiger partial charge in [0.1, 0.15) is 5.82 Å². The summed E-state index contributed by atoms with van der Waals surface area (Å²) in [5.74, 6) is -0.236. The first-order valence-corrected chi connectivity index (χ1v) is 7.39. The molecule has 6 nitrogen and oxygen atoms in total. The van der Waals surface area contributed by atoms with Crippen LogP contribution >= 0.6 is 0 Å². The van der Waals surface area contributed by atoms with Crippen molar-refractivity contribution in [2.45, 2.75) is 12.7 Å². The third kappa shape index (κ3) is 4.82. The highest BCUT2D eigenvalue weighted by Gasteiger charge is 2.34. The van der Waals surface area contributed by atoms with Crippen LogP contribution < -0.4 is 15.5 Å². The monoisotopic (exact) mass is 353 g/mol. The Labute approximate surface area is 143 Å². The molecule has 0 fully saturated rings.